The fourth-order valence-corrected chi connectivity index (χ4v) is 3.09. The minimum atomic E-state index is -0.178. The molecule has 28 heavy (non-hydrogen) atoms. The molecule has 0 aliphatic heterocycles. The van der Waals surface area contributed by atoms with Crippen LogP contribution in [0.15, 0.2) is 72.8 Å². The van der Waals surface area contributed by atoms with Gasteiger partial charge in [0, 0.05) is 22.5 Å². The molecular weight excluding hydrogens is 348 g/mol. The van der Waals surface area contributed by atoms with Crippen LogP contribution in [0.3, 0.4) is 0 Å². The molecule has 4 heteroatoms. The Bertz CT molecular complexity index is 941. The van der Waals surface area contributed by atoms with Gasteiger partial charge in [-0.2, -0.15) is 0 Å². The average molecular weight is 372 g/mol. The van der Waals surface area contributed by atoms with Crippen LogP contribution < -0.4 is 10.6 Å². The summed E-state index contributed by atoms with van der Waals surface area (Å²) in [6, 6.07) is 22.0. The number of benzene rings is 3. The zero-order valence-corrected chi connectivity index (χ0v) is 16.2. The minimum Gasteiger partial charge on any atom is -0.322 e. The van der Waals surface area contributed by atoms with E-state index in [4.69, 9.17) is 0 Å². The first-order chi connectivity index (χ1) is 13.6. The Morgan fingerprint density at radius 2 is 1.18 bits per heavy atom. The highest BCUT2D eigenvalue weighted by Crippen LogP contribution is 2.23. The van der Waals surface area contributed by atoms with Crippen molar-refractivity contribution in [1.29, 1.82) is 0 Å². The minimum absolute atomic E-state index is 0.156. The third-order valence-corrected chi connectivity index (χ3v) is 4.68. The average Bonchev–Trinajstić information content (AvgIpc) is 2.75. The van der Waals surface area contributed by atoms with E-state index in [1.165, 1.54) is 0 Å². The number of para-hydroxylation sites is 1. The molecule has 0 saturated carbocycles. The van der Waals surface area contributed by atoms with Gasteiger partial charge >= 0.3 is 0 Å². The second-order valence-electron chi connectivity index (χ2n) is 6.51. The summed E-state index contributed by atoms with van der Waals surface area (Å²) in [6.07, 6.45) is 1.71. The fraction of sp³-hybridized carbons (Fsp3) is 0.167. The van der Waals surface area contributed by atoms with Crippen molar-refractivity contribution < 1.29 is 9.59 Å². The number of amides is 2. The van der Waals surface area contributed by atoms with E-state index in [1.807, 2.05) is 36.4 Å². The highest BCUT2D eigenvalue weighted by molar-refractivity contribution is 6.06. The van der Waals surface area contributed by atoms with Gasteiger partial charge in [0.05, 0.1) is 0 Å². The lowest BCUT2D eigenvalue weighted by Crippen LogP contribution is -2.15. The molecule has 0 spiro atoms. The summed E-state index contributed by atoms with van der Waals surface area (Å²) in [5.41, 5.74) is 4.93. The third-order valence-electron chi connectivity index (χ3n) is 4.68. The van der Waals surface area contributed by atoms with E-state index in [2.05, 4.69) is 24.5 Å². The molecule has 0 atom stereocenters. The molecule has 2 N–H and O–H groups in total. The maximum Gasteiger partial charge on any atom is 0.255 e. The van der Waals surface area contributed by atoms with Gasteiger partial charge < -0.3 is 10.6 Å². The number of carbonyl (C=O) groups is 2. The third kappa shape index (κ3) is 4.46. The van der Waals surface area contributed by atoms with Crippen LogP contribution in [0, 0.1) is 0 Å². The summed E-state index contributed by atoms with van der Waals surface area (Å²) in [5, 5.41) is 5.90. The SMILES string of the molecule is CCc1cccc(CC)c1NC(=O)c1ccc(NC(=O)c2ccccc2)cc1. The molecular formula is C24H24N2O2. The summed E-state index contributed by atoms with van der Waals surface area (Å²) < 4.78 is 0. The second kappa shape index (κ2) is 9.00. The molecule has 3 aromatic carbocycles. The smallest absolute Gasteiger partial charge is 0.255 e. The van der Waals surface area contributed by atoms with E-state index in [9.17, 15) is 9.59 Å². The Hall–Kier alpha value is -3.40. The summed E-state index contributed by atoms with van der Waals surface area (Å²) >= 11 is 0. The number of aryl methyl sites for hydroxylation is 2. The molecule has 2 amide bonds. The van der Waals surface area contributed by atoms with E-state index in [0.29, 0.717) is 16.8 Å². The summed E-state index contributed by atoms with van der Waals surface area (Å²) in [4.78, 5) is 24.9. The molecule has 0 fully saturated rings. The van der Waals surface area contributed by atoms with Gasteiger partial charge in [0.25, 0.3) is 11.8 Å². The van der Waals surface area contributed by atoms with Crippen LogP contribution in [0.1, 0.15) is 45.7 Å². The maximum atomic E-state index is 12.7. The van der Waals surface area contributed by atoms with Crippen molar-refractivity contribution in [3.63, 3.8) is 0 Å². The number of hydrogen-bond donors (Lipinski definition) is 2. The molecule has 0 saturated heterocycles. The maximum absolute atomic E-state index is 12.7. The van der Waals surface area contributed by atoms with Crippen molar-refractivity contribution in [2.75, 3.05) is 10.6 Å². The zero-order chi connectivity index (χ0) is 19.9. The number of anilines is 2. The lowest BCUT2D eigenvalue weighted by atomic mass is 10.0. The zero-order valence-electron chi connectivity index (χ0n) is 16.2. The largest absolute Gasteiger partial charge is 0.322 e. The second-order valence-corrected chi connectivity index (χ2v) is 6.51. The summed E-state index contributed by atoms with van der Waals surface area (Å²) in [7, 11) is 0. The first-order valence-corrected chi connectivity index (χ1v) is 9.51. The number of hydrogen-bond acceptors (Lipinski definition) is 2. The topological polar surface area (TPSA) is 58.2 Å². The summed E-state index contributed by atoms with van der Waals surface area (Å²) in [6.45, 7) is 4.16. The van der Waals surface area contributed by atoms with E-state index in [1.54, 1.807) is 36.4 Å². The molecule has 142 valence electrons. The Morgan fingerprint density at radius 1 is 0.643 bits per heavy atom. The molecule has 3 rings (SSSR count). The van der Waals surface area contributed by atoms with Gasteiger partial charge in [0.1, 0.15) is 0 Å². The summed E-state index contributed by atoms with van der Waals surface area (Å²) in [5.74, 6) is -0.334. The number of nitrogens with one attached hydrogen (secondary N) is 2. The van der Waals surface area contributed by atoms with E-state index < -0.39 is 0 Å². The van der Waals surface area contributed by atoms with E-state index >= 15 is 0 Å². The standard InChI is InChI=1S/C24H24N2O2/c1-3-17-11-8-12-18(4-2)22(17)26-24(28)20-13-15-21(16-14-20)25-23(27)19-9-6-5-7-10-19/h5-16H,3-4H2,1-2H3,(H,25,27)(H,26,28). The Balaban J connectivity index is 1.72. The normalized spacial score (nSPS) is 10.4. The molecule has 0 bridgehead atoms. The molecule has 0 aliphatic carbocycles. The van der Waals surface area contributed by atoms with Gasteiger partial charge in [-0.05, 0) is 60.4 Å². The van der Waals surface area contributed by atoms with Crippen molar-refractivity contribution in [3.8, 4) is 0 Å². The van der Waals surface area contributed by atoms with Gasteiger partial charge in [0.2, 0.25) is 0 Å². The Morgan fingerprint density at radius 3 is 1.75 bits per heavy atom. The molecule has 0 aliphatic rings. The van der Waals surface area contributed by atoms with E-state index in [-0.39, 0.29) is 11.8 Å². The van der Waals surface area contributed by atoms with Gasteiger partial charge in [-0.25, -0.2) is 0 Å². The van der Waals surface area contributed by atoms with Crippen LogP contribution in [-0.4, -0.2) is 11.8 Å². The van der Waals surface area contributed by atoms with Crippen LogP contribution in [0.2, 0.25) is 0 Å². The van der Waals surface area contributed by atoms with Gasteiger partial charge in [-0.1, -0.05) is 50.2 Å². The Labute approximate surface area is 165 Å². The molecule has 0 aromatic heterocycles. The van der Waals surface area contributed by atoms with Crippen molar-refractivity contribution in [3.05, 3.63) is 95.1 Å². The molecule has 4 nitrogen and oxygen atoms in total. The lowest BCUT2D eigenvalue weighted by Gasteiger charge is -2.14. The number of rotatable bonds is 6. The monoisotopic (exact) mass is 372 g/mol. The van der Waals surface area contributed by atoms with Crippen molar-refractivity contribution in [2.45, 2.75) is 26.7 Å². The van der Waals surface area contributed by atoms with Gasteiger partial charge in [-0.3, -0.25) is 9.59 Å². The van der Waals surface area contributed by atoms with Crippen LogP contribution in [0.5, 0.6) is 0 Å². The van der Waals surface area contributed by atoms with Gasteiger partial charge in [-0.15, -0.1) is 0 Å². The Kier molecular flexibility index (Phi) is 6.22. The first kappa shape index (κ1) is 19.4. The lowest BCUT2D eigenvalue weighted by molar-refractivity contribution is 0.102. The quantitative estimate of drug-likeness (QED) is 0.615. The highest BCUT2D eigenvalue weighted by Gasteiger charge is 2.12. The highest BCUT2D eigenvalue weighted by atomic mass is 16.2. The van der Waals surface area contributed by atoms with Crippen LogP contribution >= 0.6 is 0 Å². The molecule has 0 radical (unpaired) electrons. The number of carbonyl (C=O) groups excluding carboxylic acids is 2. The van der Waals surface area contributed by atoms with E-state index in [0.717, 1.165) is 29.7 Å². The van der Waals surface area contributed by atoms with Crippen molar-refractivity contribution >= 4 is 23.2 Å². The van der Waals surface area contributed by atoms with Crippen molar-refractivity contribution in [1.82, 2.24) is 0 Å². The van der Waals surface area contributed by atoms with Crippen molar-refractivity contribution in [2.24, 2.45) is 0 Å². The van der Waals surface area contributed by atoms with Gasteiger partial charge in [0.15, 0.2) is 0 Å². The predicted octanol–water partition coefficient (Wildman–Crippen LogP) is 5.32. The molecule has 0 unspecified atom stereocenters. The fourth-order valence-electron chi connectivity index (χ4n) is 3.09. The van der Waals surface area contributed by atoms with Crippen LogP contribution in [-0.2, 0) is 12.8 Å². The van der Waals surface area contributed by atoms with Crippen LogP contribution in [0.25, 0.3) is 0 Å². The molecule has 0 heterocycles. The van der Waals surface area contributed by atoms with Crippen LogP contribution in [0.4, 0.5) is 11.4 Å². The predicted molar refractivity (Wildman–Crippen MR) is 114 cm³/mol. The first-order valence-electron chi connectivity index (χ1n) is 9.51. The molecule has 3 aromatic rings.